The Morgan fingerprint density at radius 3 is 2.65 bits per heavy atom. The summed E-state index contributed by atoms with van der Waals surface area (Å²) in [6.07, 6.45) is -0.258. The fourth-order valence-corrected chi connectivity index (χ4v) is 4.41. The molecular formula is C23H18F3N7O. The van der Waals surface area contributed by atoms with E-state index in [2.05, 4.69) is 20.2 Å². The maximum Gasteiger partial charge on any atom is 0.416 e. The molecule has 1 unspecified atom stereocenters. The van der Waals surface area contributed by atoms with Gasteiger partial charge >= 0.3 is 6.18 Å². The third-order valence-corrected chi connectivity index (χ3v) is 6.20. The van der Waals surface area contributed by atoms with Gasteiger partial charge in [0.25, 0.3) is 5.91 Å². The number of nitrogens with one attached hydrogen (secondary N) is 1. The van der Waals surface area contributed by atoms with Gasteiger partial charge in [-0.05, 0) is 56.2 Å². The van der Waals surface area contributed by atoms with E-state index < -0.39 is 17.3 Å². The zero-order valence-corrected chi connectivity index (χ0v) is 18.0. The molecule has 5 rings (SSSR count). The molecule has 0 aliphatic carbocycles. The quantitative estimate of drug-likeness (QED) is 0.489. The topological polar surface area (TPSA) is 103 Å². The lowest BCUT2D eigenvalue weighted by molar-refractivity contribution is -0.137. The number of aromatic nitrogens is 5. The minimum atomic E-state index is -4.47. The first-order valence-corrected chi connectivity index (χ1v) is 10.5. The van der Waals surface area contributed by atoms with Crippen molar-refractivity contribution in [2.75, 3.05) is 6.54 Å². The maximum atomic E-state index is 13.8. The van der Waals surface area contributed by atoms with Crippen LogP contribution in [0.5, 0.6) is 0 Å². The molecule has 3 heterocycles. The van der Waals surface area contributed by atoms with E-state index >= 15 is 0 Å². The van der Waals surface area contributed by atoms with Crippen LogP contribution in [0.1, 0.15) is 47.1 Å². The van der Waals surface area contributed by atoms with Crippen LogP contribution in [-0.4, -0.2) is 42.3 Å². The number of benzene rings is 2. The Balaban J connectivity index is 1.57. The van der Waals surface area contributed by atoms with Gasteiger partial charge < -0.3 is 9.88 Å². The largest absolute Gasteiger partial charge is 0.416 e. The van der Waals surface area contributed by atoms with Crippen molar-refractivity contribution in [2.24, 2.45) is 0 Å². The van der Waals surface area contributed by atoms with Crippen LogP contribution in [0.25, 0.3) is 16.7 Å². The van der Waals surface area contributed by atoms with Crippen molar-refractivity contribution in [3.05, 3.63) is 71.3 Å². The molecule has 0 saturated carbocycles. The van der Waals surface area contributed by atoms with Crippen molar-refractivity contribution in [2.45, 2.75) is 31.5 Å². The molecule has 1 atom stereocenters. The van der Waals surface area contributed by atoms with Crippen molar-refractivity contribution in [1.29, 1.82) is 5.26 Å². The lowest BCUT2D eigenvalue weighted by Crippen LogP contribution is -2.44. The third kappa shape index (κ3) is 3.48. The lowest BCUT2D eigenvalue weighted by atomic mass is 9.96. The van der Waals surface area contributed by atoms with Crippen molar-refractivity contribution in [3.8, 4) is 11.8 Å². The van der Waals surface area contributed by atoms with E-state index in [1.54, 1.807) is 17.0 Å². The van der Waals surface area contributed by atoms with Crippen LogP contribution in [0.15, 0.2) is 48.8 Å². The highest BCUT2D eigenvalue weighted by atomic mass is 19.4. The summed E-state index contributed by atoms with van der Waals surface area (Å²) in [4.78, 5) is 24.3. The summed E-state index contributed by atoms with van der Waals surface area (Å²) >= 11 is 0. The Hall–Kier alpha value is -4.20. The molecule has 1 N–H and O–H groups in total. The average molecular weight is 465 g/mol. The zero-order valence-electron chi connectivity index (χ0n) is 18.0. The number of hydrogen-bond acceptors (Lipinski definition) is 5. The predicted octanol–water partition coefficient (Wildman–Crippen LogP) is 4.19. The summed E-state index contributed by atoms with van der Waals surface area (Å²) in [5.74, 6) is 0.0590. The number of H-pyrrole nitrogens is 1. The van der Waals surface area contributed by atoms with Gasteiger partial charge in [-0.1, -0.05) is 0 Å². The molecule has 0 bridgehead atoms. The molecule has 1 saturated heterocycles. The number of likely N-dealkylation sites (tertiary alicyclic amines) is 1. The van der Waals surface area contributed by atoms with Crippen molar-refractivity contribution >= 4 is 16.9 Å². The van der Waals surface area contributed by atoms with E-state index in [0.29, 0.717) is 42.0 Å². The van der Waals surface area contributed by atoms with Gasteiger partial charge in [-0.15, -0.1) is 0 Å². The third-order valence-electron chi connectivity index (χ3n) is 6.20. The minimum Gasteiger partial charge on any atom is -0.340 e. The van der Waals surface area contributed by atoms with Gasteiger partial charge in [0, 0.05) is 6.54 Å². The minimum absolute atomic E-state index is 0.248. The first kappa shape index (κ1) is 21.6. The number of rotatable bonds is 3. The highest BCUT2D eigenvalue weighted by molar-refractivity contribution is 5.98. The summed E-state index contributed by atoms with van der Waals surface area (Å²) in [6.45, 7) is 2.25. The molecular weight excluding hydrogens is 447 g/mol. The number of aromatic amines is 1. The van der Waals surface area contributed by atoms with Gasteiger partial charge in [0.05, 0.1) is 57.4 Å². The number of nitrogens with zero attached hydrogens (tertiary/aromatic N) is 6. The van der Waals surface area contributed by atoms with Gasteiger partial charge in [0.1, 0.15) is 5.82 Å². The molecule has 1 fully saturated rings. The molecule has 0 radical (unpaired) electrons. The number of alkyl halides is 3. The van der Waals surface area contributed by atoms with Crippen LogP contribution in [0.3, 0.4) is 0 Å². The second-order valence-electron chi connectivity index (χ2n) is 8.31. The number of fused-ring (bicyclic) bond motifs is 1. The summed E-state index contributed by atoms with van der Waals surface area (Å²) < 4.78 is 39.4. The fourth-order valence-electron chi connectivity index (χ4n) is 4.41. The number of halogens is 3. The number of nitriles is 1. The molecule has 1 aliphatic heterocycles. The molecule has 4 aromatic rings. The molecule has 11 heteroatoms. The van der Waals surface area contributed by atoms with Crippen molar-refractivity contribution in [1.82, 2.24) is 29.9 Å². The summed E-state index contributed by atoms with van der Waals surface area (Å²) in [5.41, 5.74) is -0.0458. The first-order valence-electron chi connectivity index (χ1n) is 10.5. The van der Waals surface area contributed by atoms with Gasteiger partial charge in [-0.3, -0.25) is 4.79 Å². The normalized spacial score (nSPS) is 18.4. The van der Waals surface area contributed by atoms with E-state index in [1.807, 2.05) is 13.0 Å². The highest BCUT2D eigenvalue weighted by Gasteiger charge is 2.44. The second kappa shape index (κ2) is 7.69. The Labute approximate surface area is 191 Å². The second-order valence-corrected chi connectivity index (χ2v) is 8.31. The Bertz CT molecular complexity index is 1440. The summed E-state index contributed by atoms with van der Waals surface area (Å²) in [5, 5.41) is 17.6. The van der Waals surface area contributed by atoms with E-state index in [9.17, 15) is 23.2 Å². The molecule has 0 spiro atoms. The molecule has 2 aromatic carbocycles. The smallest absolute Gasteiger partial charge is 0.340 e. The summed E-state index contributed by atoms with van der Waals surface area (Å²) in [6, 6.07) is 10.1. The first-order chi connectivity index (χ1) is 16.2. The maximum absolute atomic E-state index is 13.8. The molecule has 8 nitrogen and oxygen atoms in total. The van der Waals surface area contributed by atoms with E-state index in [-0.39, 0.29) is 17.0 Å². The van der Waals surface area contributed by atoms with Crippen LogP contribution in [-0.2, 0) is 11.7 Å². The Morgan fingerprint density at radius 1 is 1.18 bits per heavy atom. The summed E-state index contributed by atoms with van der Waals surface area (Å²) in [7, 11) is 0. The van der Waals surface area contributed by atoms with Crippen LogP contribution in [0.2, 0.25) is 0 Å². The van der Waals surface area contributed by atoms with Gasteiger partial charge in [-0.25, -0.2) is 4.98 Å². The molecule has 1 amide bonds. The van der Waals surface area contributed by atoms with Crippen molar-refractivity contribution in [3.63, 3.8) is 0 Å². The van der Waals surface area contributed by atoms with Gasteiger partial charge in [0.2, 0.25) is 0 Å². The predicted molar refractivity (Wildman–Crippen MR) is 115 cm³/mol. The number of hydrogen-bond donors (Lipinski definition) is 1. The molecule has 2 aromatic heterocycles. The van der Waals surface area contributed by atoms with Crippen molar-refractivity contribution < 1.29 is 18.0 Å². The Kier molecular flexibility index (Phi) is 4.89. The van der Waals surface area contributed by atoms with Gasteiger partial charge in [0.15, 0.2) is 0 Å². The fraction of sp³-hybridized carbons (Fsp3) is 0.261. The van der Waals surface area contributed by atoms with E-state index in [0.717, 1.165) is 12.1 Å². The van der Waals surface area contributed by atoms with Crippen LogP contribution in [0.4, 0.5) is 13.2 Å². The average Bonchev–Trinajstić information content (AvgIpc) is 3.57. The Morgan fingerprint density at radius 2 is 1.94 bits per heavy atom. The SMILES string of the molecule is CC1(c2nc3ccc(C(F)(F)F)cc3[nH]2)CCCN1C(=O)c1cc(C#N)ccc1-n1nccn1. The monoisotopic (exact) mass is 465 g/mol. The number of imidazole rings is 1. The number of amides is 1. The van der Waals surface area contributed by atoms with Gasteiger partial charge in [-0.2, -0.15) is 33.4 Å². The van der Waals surface area contributed by atoms with E-state index in [4.69, 9.17) is 0 Å². The molecule has 1 aliphatic rings. The molecule has 172 valence electrons. The van der Waals surface area contributed by atoms with Crippen LogP contribution >= 0.6 is 0 Å². The van der Waals surface area contributed by atoms with Crippen LogP contribution < -0.4 is 0 Å². The zero-order chi connectivity index (χ0) is 24.1. The van der Waals surface area contributed by atoms with E-state index in [1.165, 1.54) is 29.3 Å². The lowest BCUT2D eigenvalue weighted by Gasteiger charge is -2.34. The molecule has 34 heavy (non-hydrogen) atoms. The standard InChI is InChI=1S/C23H18F3N7O/c1-22(21-30-17-5-4-15(23(24,25)26)12-18(17)31-21)7-2-10-32(22)20(34)16-11-14(13-27)3-6-19(16)33-28-8-9-29-33/h3-6,8-9,11-12H,2,7,10H2,1H3,(H,30,31). The number of carbonyl (C=O) groups excluding carboxylic acids is 1. The van der Waals surface area contributed by atoms with Crippen LogP contribution in [0, 0.1) is 11.3 Å². The highest BCUT2D eigenvalue weighted by Crippen LogP contribution is 2.40. The number of carbonyl (C=O) groups is 1.